The molecule has 52 heavy (non-hydrogen) atoms. The summed E-state index contributed by atoms with van der Waals surface area (Å²) in [7, 11) is 0. The van der Waals surface area contributed by atoms with Crippen LogP contribution in [0, 0.1) is 0 Å². The molecule has 15 heteroatoms. The van der Waals surface area contributed by atoms with Crippen molar-refractivity contribution in [3.63, 3.8) is 0 Å². The van der Waals surface area contributed by atoms with Crippen LogP contribution in [0.5, 0.6) is 5.75 Å². The van der Waals surface area contributed by atoms with Crippen LogP contribution in [0.4, 0.5) is 10.6 Å². The Bertz CT molecular complexity index is 2000. The minimum atomic E-state index is -0.268. The number of morpholine rings is 1. The van der Waals surface area contributed by atoms with Gasteiger partial charge in [-0.3, -0.25) is 19.4 Å². The maximum atomic E-state index is 13.5. The Hall–Kier alpha value is -4.69. The van der Waals surface area contributed by atoms with Crippen molar-refractivity contribution >= 4 is 47.2 Å². The minimum Gasteiger partial charge on any atom is -0.484 e. The predicted octanol–water partition coefficient (Wildman–Crippen LogP) is 7.01. The number of rotatable bonds is 8. The van der Waals surface area contributed by atoms with Crippen LogP contribution in [0.1, 0.15) is 62.6 Å². The first-order valence-corrected chi connectivity index (χ1v) is 17.9. The van der Waals surface area contributed by atoms with Gasteiger partial charge in [0.2, 0.25) is 0 Å². The number of carboxylic acid groups (broad SMARTS) is 1. The van der Waals surface area contributed by atoms with Gasteiger partial charge in [-0.05, 0) is 48.2 Å². The summed E-state index contributed by atoms with van der Waals surface area (Å²) >= 11 is 13.0. The second kappa shape index (κ2) is 16.3. The van der Waals surface area contributed by atoms with E-state index in [1.54, 1.807) is 18.2 Å². The topological polar surface area (TPSA) is 148 Å². The summed E-state index contributed by atoms with van der Waals surface area (Å²) in [5.74, 6) is 1.87. The zero-order chi connectivity index (χ0) is 36.8. The maximum Gasteiger partial charge on any atom is 0.320 e. The maximum absolute atomic E-state index is 13.5. The van der Waals surface area contributed by atoms with Crippen molar-refractivity contribution in [3.05, 3.63) is 93.7 Å². The number of ether oxygens (including phenoxy) is 2. The fourth-order valence-corrected chi connectivity index (χ4v) is 7.00. The lowest BCUT2D eigenvalue weighted by Gasteiger charge is -2.32. The van der Waals surface area contributed by atoms with Gasteiger partial charge in [-0.1, -0.05) is 74.3 Å². The Morgan fingerprint density at radius 2 is 1.71 bits per heavy atom. The molecular weight excluding hydrogens is 707 g/mol. The second-order valence-corrected chi connectivity index (χ2v) is 14.4. The molecule has 5 aromatic rings. The molecule has 0 spiro atoms. The largest absolute Gasteiger partial charge is 0.484 e. The van der Waals surface area contributed by atoms with Crippen molar-refractivity contribution in [2.24, 2.45) is 0 Å². The number of halogens is 2. The normalized spacial score (nSPS) is 17.5. The Kier molecular flexibility index (Phi) is 11.6. The first-order valence-electron chi connectivity index (χ1n) is 17.1. The van der Waals surface area contributed by atoms with Crippen LogP contribution in [0.2, 0.25) is 10.0 Å². The number of fused-ring (bicyclic) bond motifs is 2. The van der Waals surface area contributed by atoms with E-state index in [4.69, 9.17) is 47.7 Å². The summed E-state index contributed by atoms with van der Waals surface area (Å²) in [6.07, 6.45) is 3.05. The number of pyridine rings is 1. The van der Waals surface area contributed by atoms with E-state index in [0.717, 1.165) is 49.7 Å². The molecule has 3 aromatic heterocycles. The standard InChI is InChI=1S/C36H40Cl2N8O3.CH2O2/c1-36(2,3)30-21-32(46(43-30)16-15-44-17-19-48-20-18-44)40-35(47)39-28-12-13-29(25-8-5-4-7-24(25)28)49-23-11-14-31-41-42-34(45(31)22-23)33-26(37)9-6-10-27(33)38;2-1-3/h4-11,14,21-22,28-29H,12-13,15-20H2,1-3H3,(H2,39,40,47);1H,(H,2,3)/t28-,29+;/m0./s1. The first-order chi connectivity index (χ1) is 25.0. The highest BCUT2D eigenvalue weighted by Crippen LogP contribution is 2.40. The number of benzene rings is 2. The summed E-state index contributed by atoms with van der Waals surface area (Å²) in [4.78, 5) is 24.2. The highest BCUT2D eigenvalue weighted by atomic mass is 35.5. The Morgan fingerprint density at radius 3 is 2.42 bits per heavy atom. The number of aromatic nitrogens is 5. The lowest BCUT2D eigenvalue weighted by molar-refractivity contribution is -0.122. The van der Waals surface area contributed by atoms with E-state index < -0.39 is 0 Å². The van der Waals surface area contributed by atoms with Crippen molar-refractivity contribution in [3.8, 4) is 17.1 Å². The van der Waals surface area contributed by atoms with Crippen molar-refractivity contribution in [2.75, 3.05) is 38.2 Å². The van der Waals surface area contributed by atoms with Crippen LogP contribution in [0.25, 0.3) is 17.0 Å². The summed E-state index contributed by atoms with van der Waals surface area (Å²) in [5, 5.41) is 27.7. The quantitative estimate of drug-likeness (QED) is 0.143. The zero-order valence-corrected chi connectivity index (χ0v) is 30.8. The van der Waals surface area contributed by atoms with Gasteiger partial charge >= 0.3 is 6.03 Å². The lowest BCUT2D eigenvalue weighted by atomic mass is 9.85. The van der Waals surface area contributed by atoms with Crippen LogP contribution in [0.15, 0.2) is 66.9 Å². The number of nitrogens with one attached hydrogen (secondary N) is 2. The smallest absolute Gasteiger partial charge is 0.320 e. The average Bonchev–Trinajstić information content (AvgIpc) is 3.73. The van der Waals surface area contributed by atoms with Crippen LogP contribution in [-0.2, 0) is 21.5 Å². The average molecular weight is 750 g/mol. The van der Waals surface area contributed by atoms with E-state index in [9.17, 15) is 4.79 Å². The molecule has 1 aliphatic heterocycles. The SMILES string of the molecule is CC(C)(C)c1cc(NC(=O)N[C@H]2CC[C@@H](Oc3ccc4nnc(-c5c(Cl)cccc5Cl)n4c3)c3ccccc32)n(CCN2CCOCC2)n1.O=CO. The summed E-state index contributed by atoms with van der Waals surface area (Å²) in [6, 6.07) is 18.7. The van der Waals surface area contributed by atoms with Gasteiger partial charge in [-0.25, -0.2) is 9.48 Å². The third-order valence-electron chi connectivity index (χ3n) is 9.10. The van der Waals surface area contributed by atoms with Crippen molar-refractivity contribution in [1.82, 2.24) is 34.6 Å². The predicted molar refractivity (Wildman–Crippen MR) is 199 cm³/mol. The molecule has 1 fully saturated rings. The molecular formula is C37H42Cl2N8O5. The monoisotopic (exact) mass is 748 g/mol. The summed E-state index contributed by atoms with van der Waals surface area (Å²) < 4.78 is 15.8. The third-order valence-corrected chi connectivity index (χ3v) is 9.73. The molecule has 1 saturated heterocycles. The fraction of sp³-hybridized carbons (Fsp3) is 0.378. The molecule has 0 saturated carbocycles. The van der Waals surface area contributed by atoms with Gasteiger partial charge in [0, 0.05) is 31.1 Å². The third kappa shape index (κ3) is 8.50. The van der Waals surface area contributed by atoms with Gasteiger partial charge in [0.05, 0.1) is 53.3 Å². The molecule has 2 amide bonds. The summed E-state index contributed by atoms with van der Waals surface area (Å²) in [6.45, 7) is 10.9. The number of nitrogens with zero attached hydrogens (tertiary/aromatic N) is 6. The molecule has 0 bridgehead atoms. The number of anilines is 1. The molecule has 3 N–H and O–H groups in total. The molecule has 274 valence electrons. The molecule has 0 unspecified atom stereocenters. The molecule has 2 aliphatic rings. The number of hydrogen-bond donors (Lipinski definition) is 3. The Labute approximate surface area is 311 Å². The van der Waals surface area contributed by atoms with Crippen molar-refractivity contribution in [2.45, 2.75) is 57.7 Å². The van der Waals surface area contributed by atoms with Crippen LogP contribution >= 0.6 is 23.2 Å². The van der Waals surface area contributed by atoms with Gasteiger partial charge < -0.3 is 19.9 Å². The van der Waals surface area contributed by atoms with E-state index in [1.165, 1.54) is 0 Å². The Balaban J connectivity index is 0.00000150. The van der Waals surface area contributed by atoms with Gasteiger partial charge in [0.15, 0.2) is 11.5 Å². The number of carbonyl (C=O) groups excluding carboxylic acids is 1. The van der Waals surface area contributed by atoms with Gasteiger partial charge in [0.25, 0.3) is 6.47 Å². The van der Waals surface area contributed by atoms with Crippen LogP contribution in [0.3, 0.4) is 0 Å². The van der Waals surface area contributed by atoms with Gasteiger partial charge in [-0.2, -0.15) is 5.10 Å². The molecule has 0 radical (unpaired) electrons. The minimum absolute atomic E-state index is 0.156. The number of carbonyl (C=O) groups is 2. The first kappa shape index (κ1) is 37.1. The number of amides is 2. The van der Waals surface area contributed by atoms with Crippen molar-refractivity contribution in [1.29, 1.82) is 0 Å². The van der Waals surface area contributed by atoms with Gasteiger partial charge in [-0.15, -0.1) is 10.2 Å². The summed E-state index contributed by atoms with van der Waals surface area (Å²) in [5.41, 5.74) is 4.09. The second-order valence-electron chi connectivity index (χ2n) is 13.6. The fourth-order valence-electron chi connectivity index (χ4n) is 6.44. The van der Waals surface area contributed by atoms with E-state index in [0.29, 0.717) is 58.0 Å². The number of urea groups is 1. The number of hydrogen-bond acceptors (Lipinski definition) is 8. The van der Waals surface area contributed by atoms with Crippen molar-refractivity contribution < 1.29 is 24.2 Å². The van der Waals surface area contributed by atoms with E-state index in [2.05, 4.69) is 58.6 Å². The molecule has 1 aliphatic carbocycles. The van der Waals surface area contributed by atoms with Crippen LogP contribution < -0.4 is 15.4 Å². The zero-order valence-electron chi connectivity index (χ0n) is 29.3. The Morgan fingerprint density at radius 1 is 1.00 bits per heavy atom. The van der Waals surface area contributed by atoms with Crippen LogP contribution in [-0.4, -0.2) is 79.7 Å². The molecule has 2 aromatic carbocycles. The molecule has 4 heterocycles. The highest BCUT2D eigenvalue weighted by molar-refractivity contribution is 6.39. The van der Waals surface area contributed by atoms with E-state index in [1.807, 2.05) is 45.6 Å². The molecule has 7 rings (SSSR count). The molecule has 13 nitrogen and oxygen atoms in total. The molecule has 2 atom stereocenters. The highest BCUT2D eigenvalue weighted by Gasteiger charge is 2.30. The van der Waals surface area contributed by atoms with E-state index >= 15 is 0 Å². The van der Waals surface area contributed by atoms with E-state index in [-0.39, 0.29) is 30.1 Å². The lowest BCUT2D eigenvalue weighted by Crippen LogP contribution is -2.39. The van der Waals surface area contributed by atoms with Gasteiger partial charge in [0.1, 0.15) is 17.7 Å².